The first kappa shape index (κ1) is 24.9. The maximum Gasteiger partial charge on any atom is 0.228 e. The van der Waals surface area contributed by atoms with Crippen molar-refractivity contribution in [1.29, 1.82) is 0 Å². The summed E-state index contributed by atoms with van der Waals surface area (Å²) in [5.41, 5.74) is 8.79. The molecule has 6 heteroatoms. The molecular weight excluding hydrogens is 454 g/mol. The van der Waals surface area contributed by atoms with E-state index in [0.29, 0.717) is 11.5 Å². The molecule has 0 spiro atoms. The van der Waals surface area contributed by atoms with Crippen molar-refractivity contribution >= 4 is 28.8 Å². The number of hydrogen-bond acceptors (Lipinski definition) is 5. The highest BCUT2D eigenvalue weighted by molar-refractivity contribution is 6.10. The molecular formula is C30H31NO5. The maximum atomic E-state index is 13.1. The molecule has 0 bridgehead atoms. The highest BCUT2D eigenvalue weighted by Crippen LogP contribution is 2.46. The third kappa shape index (κ3) is 4.80. The third-order valence-corrected chi connectivity index (χ3v) is 6.64. The Hall–Kier alpha value is -4.19. The van der Waals surface area contributed by atoms with Gasteiger partial charge in [0.05, 0.1) is 27.8 Å². The molecule has 0 unspecified atom stereocenters. The number of methoxy groups -OCH3 is 3. The van der Waals surface area contributed by atoms with Crippen LogP contribution >= 0.6 is 0 Å². The largest absolute Gasteiger partial charge is 0.502 e. The summed E-state index contributed by atoms with van der Waals surface area (Å²) in [4.78, 5) is 13.1. The van der Waals surface area contributed by atoms with Gasteiger partial charge < -0.3 is 24.6 Å². The number of benzene rings is 3. The zero-order valence-electron chi connectivity index (χ0n) is 21.5. The van der Waals surface area contributed by atoms with Crippen LogP contribution in [0.25, 0.3) is 17.2 Å². The molecule has 0 atom stereocenters. The van der Waals surface area contributed by atoms with Crippen LogP contribution in [0, 0.1) is 13.8 Å². The second kappa shape index (κ2) is 10.2. The molecule has 6 nitrogen and oxygen atoms in total. The number of aromatic hydroxyl groups is 1. The molecule has 36 heavy (non-hydrogen) atoms. The molecule has 0 saturated carbocycles. The van der Waals surface area contributed by atoms with Crippen LogP contribution in [0.2, 0.25) is 0 Å². The van der Waals surface area contributed by atoms with Crippen molar-refractivity contribution in [3.63, 3.8) is 0 Å². The second-order valence-corrected chi connectivity index (χ2v) is 8.87. The quantitative estimate of drug-likeness (QED) is 0.405. The van der Waals surface area contributed by atoms with Gasteiger partial charge in [0, 0.05) is 5.69 Å². The molecule has 0 fully saturated rings. The van der Waals surface area contributed by atoms with Crippen LogP contribution in [-0.2, 0) is 4.79 Å². The van der Waals surface area contributed by atoms with Crippen molar-refractivity contribution in [1.82, 2.24) is 0 Å². The highest BCUT2D eigenvalue weighted by atomic mass is 16.5. The molecule has 186 valence electrons. The lowest BCUT2D eigenvalue weighted by Crippen LogP contribution is -2.12. The number of anilines is 1. The van der Waals surface area contributed by atoms with Crippen molar-refractivity contribution in [3.05, 3.63) is 81.9 Å². The SMILES string of the molecule is COc1ccc2c(c1)C(CC(=O)Nc1ccc(C)c(C)c1)=C(C)C2=Cc1cc(OC)c(O)c(OC)c1. The van der Waals surface area contributed by atoms with Gasteiger partial charge in [0.25, 0.3) is 0 Å². The van der Waals surface area contributed by atoms with Gasteiger partial charge in [-0.25, -0.2) is 0 Å². The molecule has 3 aromatic rings. The predicted molar refractivity (Wildman–Crippen MR) is 144 cm³/mol. The molecule has 0 saturated heterocycles. The Kier molecular flexibility index (Phi) is 7.06. The second-order valence-electron chi connectivity index (χ2n) is 8.87. The summed E-state index contributed by atoms with van der Waals surface area (Å²) < 4.78 is 16.1. The van der Waals surface area contributed by atoms with Crippen LogP contribution in [0.1, 0.15) is 41.2 Å². The number of ether oxygens (including phenoxy) is 3. The Bertz CT molecular complexity index is 1380. The number of carbonyl (C=O) groups excluding carboxylic acids is 1. The van der Waals surface area contributed by atoms with Gasteiger partial charge in [0.2, 0.25) is 11.7 Å². The van der Waals surface area contributed by atoms with Crippen LogP contribution in [0.3, 0.4) is 0 Å². The Labute approximate surface area is 211 Å². The summed E-state index contributed by atoms with van der Waals surface area (Å²) in [5.74, 6) is 1.24. The number of carbonyl (C=O) groups is 1. The maximum absolute atomic E-state index is 13.1. The fourth-order valence-electron chi connectivity index (χ4n) is 4.46. The Morgan fingerprint density at radius 2 is 1.56 bits per heavy atom. The van der Waals surface area contributed by atoms with E-state index in [1.807, 2.05) is 63.2 Å². The van der Waals surface area contributed by atoms with Crippen molar-refractivity contribution in [3.8, 4) is 23.0 Å². The van der Waals surface area contributed by atoms with E-state index in [-0.39, 0.29) is 18.1 Å². The summed E-state index contributed by atoms with van der Waals surface area (Å²) in [6.07, 6.45) is 2.23. The van der Waals surface area contributed by atoms with E-state index in [1.165, 1.54) is 19.8 Å². The molecule has 4 rings (SSSR count). The lowest BCUT2D eigenvalue weighted by molar-refractivity contribution is -0.115. The number of aryl methyl sites for hydroxylation is 2. The van der Waals surface area contributed by atoms with E-state index in [2.05, 4.69) is 5.32 Å². The summed E-state index contributed by atoms with van der Waals surface area (Å²) in [6.45, 7) is 6.10. The normalized spacial score (nSPS) is 13.6. The number of amides is 1. The number of phenols is 1. The van der Waals surface area contributed by atoms with Gasteiger partial charge in [-0.15, -0.1) is 0 Å². The summed E-state index contributed by atoms with van der Waals surface area (Å²) >= 11 is 0. The van der Waals surface area contributed by atoms with Crippen LogP contribution in [0.4, 0.5) is 5.69 Å². The smallest absolute Gasteiger partial charge is 0.228 e. The zero-order chi connectivity index (χ0) is 26.0. The van der Waals surface area contributed by atoms with Crippen LogP contribution < -0.4 is 19.5 Å². The molecule has 0 aromatic heterocycles. The lowest BCUT2D eigenvalue weighted by atomic mass is 10.00. The Morgan fingerprint density at radius 1 is 0.861 bits per heavy atom. The van der Waals surface area contributed by atoms with E-state index in [1.54, 1.807) is 19.2 Å². The molecule has 0 aliphatic heterocycles. The Balaban J connectivity index is 1.74. The van der Waals surface area contributed by atoms with Gasteiger partial charge in [-0.1, -0.05) is 12.1 Å². The van der Waals surface area contributed by atoms with Gasteiger partial charge >= 0.3 is 0 Å². The Morgan fingerprint density at radius 3 is 2.17 bits per heavy atom. The van der Waals surface area contributed by atoms with Crippen molar-refractivity contribution in [2.24, 2.45) is 0 Å². The number of allylic oxidation sites excluding steroid dienone is 2. The minimum Gasteiger partial charge on any atom is -0.502 e. The first-order valence-corrected chi connectivity index (χ1v) is 11.7. The molecule has 0 heterocycles. The number of nitrogens with one attached hydrogen (secondary N) is 1. The van der Waals surface area contributed by atoms with Crippen molar-refractivity contribution in [2.45, 2.75) is 27.2 Å². The fourth-order valence-corrected chi connectivity index (χ4v) is 4.46. The van der Waals surface area contributed by atoms with E-state index in [0.717, 1.165) is 50.4 Å². The number of fused-ring (bicyclic) bond motifs is 1. The highest BCUT2D eigenvalue weighted by Gasteiger charge is 2.26. The zero-order valence-corrected chi connectivity index (χ0v) is 21.5. The van der Waals surface area contributed by atoms with E-state index >= 15 is 0 Å². The molecule has 1 amide bonds. The first-order chi connectivity index (χ1) is 17.2. The monoisotopic (exact) mass is 485 g/mol. The summed E-state index contributed by atoms with van der Waals surface area (Å²) in [5, 5.41) is 13.3. The first-order valence-electron chi connectivity index (χ1n) is 11.7. The summed E-state index contributed by atoms with van der Waals surface area (Å²) in [6, 6.07) is 15.3. The van der Waals surface area contributed by atoms with Gasteiger partial charge in [-0.2, -0.15) is 0 Å². The lowest BCUT2D eigenvalue weighted by Gasteiger charge is -2.11. The summed E-state index contributed by atoms with van der Waals surface area (Å²) in [7, 11) is 4.63. The standard InChI is InChI=1S/C30H31NO5/c1-17-7-8-21(11-18(17)2)31-29(32)16-25-19(3)24(23-10-9-22(34-4)15-26(23)25)12-20-13-27(35-5)30(33)28(14-20)36-6/h7-15,33H,16H2,1-6H3,(H,31,32). The van der Waals surface area contributed by atoms with E-state index in [9.17, 15) is 9.90 Å². The fraction of sp³-hybridized carbons (Fsp3) is 0.233. The van der Waals surface area contributed by atoms with Gasteiger partial charge in [-0.05, 0) is 108 Å². The predicted octanol–water partition coefficient (Wildman–Crippen LogP) is 6.39. The molecule has 3 aromatic carbocycles. The van der Waals surface area contributed by atoms with Crippen molar-refractivity contribution in [2.75, 3.05) is 26.6 Å². The van der Waals surface area contributed by atoms with E-state index in [4.69, 9.17) is 14.2 Å². The van der Waals surface area contributed by atoms with Crippen LogP contribution in [0.15, 0.2) is 54.1 Å². The molecule has 2 N–H and O–H groups in total. The average Bonchev–Trinajstić information content (AvgIpc) is 3.12. The van der Waals surface area contributed by atoms with Gasteiger partial charge in [0.15, 0.2) is 11.5 Å². The van der Waals surface area contributed by atoms with Crippen LogP contribution in [-0.4, -0.2) is 32.3 Å². The number of rotatable bonds is 7. The molecule has 1 aliphatic rings. The topological polar surface area (TPSA) is 77.0 Å². The van der Waals surface area contributed by atoms with E-state index < -0.39 is 0 Å². The molecule has 1 aliphatic carbocycles. The third-order valence-electron chi connectivity index (χ3n) is 6.64. The van der Waals surface area contributed by atoms with Gasteiger partial charge in [0.1, 0.15) is 5.75 Å². The van der Waals surface area contributed by atoms with Gasteiger partial charge in [-0.3, -0.25) is 4.79 Å². The molecule has 0 radical (unpaired) electrons. The minimum absolute atomic E-state index is 0.0466. The number of hydrogen-bond donors (Lipinski definition) is 2. The number of phenolic OH excluding ortho intramolecular Hbond substituents is 1. The van der Waals surface area contributed by atoms with Crippen LogP contribution in [0.5, 0.6) is 23.0 Å². The average molecular weight is 486 g/mol. The minimum atomic E-state index is -0.0874. The van der Waals surface area contributed by atoms with Crippen molar-refractivity contribution < 1.29 is 24.1 Å².